The van der Waals surface area contributed by atoms with Crippen molar-refractivity contribution in [2.45, 2.75) is 0 Å². The fourth-order valence-electron chi connectivity index (χ4n) is 1.54. The molecule has 0 aliphatic heterocycles. The van der Waals surface area contributed by atoms with E-state index in [-0.39, 0.29) is 0 Å². The first kappa shape index (κ1) is 18.3. The summed E-state index contributed by atoms with van der Waals surface area (Å²) in [5.74, 6) is -0.796. The van der Waals surface area contributed by atoms with Crippen molar-refractivity contribution in [3.8, 4) is 0 Å². The van der Waals surface area contributed by atoms with E-state index in [0.29, 0.717) is 0 Å². The van der Waals surface area contributed by atoms with Crippen molar-refractivity contribution < 1.29 is 13.2 Å². The van der Waals surface area contributed by atoms with Crippen LogP contribution < -0.4 is 4.90 Å². The van der Waals surface area contributed by atoms with Crippen molar-refractivity contribution in [1.82, 2.24) is 0 Å². The first-order valence-electron chi connectivity index (χ1n) is 6.79. The SMILES string of the molecule is CN(C)c1ccc(C=CC(=O)N=S(=O)=O)cc1.c1ccccc1. The first-order chi connectivity index (χ1) is 11.0. The lowest BCUT2D eigenvalue weighted by Gasteiger charge is -2.11. The van der Waals surface area contributed by atoms with Crippen molar-refractivity contribution in [2.24, 2.45) is 4.36 Å². The summed E-state index contributed by atoms with van der Waals surface area (Å²) in [5, 5.41) is 0. The van der Waals surface area contributed by atoms with Crippen LogP contribution >= 0.6 is 0 Å². The molecule has 0 aliphatic rings. The molecule has 0 unspecified atom stereocenters. The molecule has 5 nitrogen and oxygen atoms in total. The van der Waals surface area contributed by atoms with Crippen LogP contribution in [-0.2, 0) is 15.3 Å². The molecule has 0 N–H and O–H groups in total. The molecule has 0 spiro atoms. The second kappa shape index (κ2) is 10.1. The van der Waals surface area contributed by atoms with E-state index in [0.717, 1.165) is 17.3 Å². The zero-order chi connectivity index (χ0) is 17.1. The third-order valence-corrected chi connectivity index (χ3v) is 2.99. The molecule has 0 aliphatic carbocycles. The maximum Gasteiger partial charge on any atom is 0.319 e. The molecule has 0 atom stereocenters. The van der Waals surface area contributed by atoms with Gasteiger partial charge in [-0.05, 0) is 23.8 Å². The van der Waals surface area contributed by atoms with Gasteiger partial charge in [0.15, 0.2) is 0 Å². The van der Waals surface area contributed by atoms with Crippen molar-refractivity contribution >= 4 is 28.2 Å². The molecule has 2 rings (SSSR count). The Morgan fingerprint density at radius 2 is 1.43 bits per heavy atom. The van der Waals surface area contributed by atoms with Crippen LogP contribution in [-0.4, -0.2) is 28.4 Å². The number of nitrogens with zero attached hydrogens (tertiary/aromatic N) is 2. The lowest BCUT2D eigenvalue weighted by molar-refractivity contribution is -0.113. The van der Waals surface area contributed by atoms with Crippen molar-refractivity contribution in [1.29, 1.82) is 0 Å². The van der Waals surface area contributed by atoms with E-state index in [1.54, 1.807) is 0 Å². The van der Waals surface area contributed by atoms with Crippen molar-refractivity contribution in [3.63, 3.8) is 0 Å². The predicted molar refractivity (Wildman–Crippen MR) is 92.6 cm³/mol. The van der Waals surface area contributed by atoms with Crippen LogP contribution in [0.2, 0.25) is 0 Å². The number of hydrogen-bond acceptors (Lipinski definition) is 4. The van der Waals surface area contributed by atoms with Crippen LogP contribution in [0.25, 0.3) is 6.08 Å². The van der Waals surface area contributed by atoms with E-state index in [1.165, 1.54) is 6.08 Å². The van der Waals surface area contributed by atoms with Gasteiger partial charge in [0.1, 0.15) is 0 Å². The minimum absolute atomic E-state index is 0.796. The zero-order valence-corrected chi connectivity index (χ0v) is 13.8. The summed E-state index contributed by atoms with van der Waals surface area (Å²) >= 11 is 0. The topological polar surface area (TPSA) is 66.8 Å². The van der Waals surface area contributed by atoms with Gasteiger partial charge in [-0.3, -0.25) is 4.79 Å². The fraction of sp³-hybridized carbons (Fsp3) is 0.118. The van der Waals surface area contributed by atoms with Gasteiger partial charge >= 0.3 is 10.5 Å². The molecule has 0 radical (unpaired) electrons. The van der Waals surface area contributed by atoms with Gasteiger partial charge in [-0.1, -0.05) is 52.9 Å². The number of hydrogen-bond donors (Lipinski definition) is 0. The smallest absolute Gasteiger partial charge is 0.319 e. The van der Waals surface area contributed by atoms with Crippen molar-refractivity contribution in [3.05, 3.63) is 72.3 Å². The molecule has 2 aromatic rings. The largest absolute Gasteiger partial charge is 0.378 e. The normalized spacial score (nSPS) is 9.65. The lowest BCUT2D eigenvalue weighted by Crippen LogP contribution is -2.07. The number of amides is 1. The second-order valence-corrected chi connectivity index (χ2v) is 5.24. The van der Waals surface area contributed by atoms with Gasteiger partial charge in [0, 0.05) is 25.9 Å². The monoisotopic (exact) mass is 330 g/mol. The Morgan fingerprint density at radius 1 is 0.957 bits per heavy atom. The number of benzene rings is 2. The highest BCUT2D eigenvalue weighted by Gasteiger charge is 1.95. The van der Waals surface area contributed by atoms with E-state index in [2.05, 4.69) is 4.36 Å². The van der Waals surface area contributed by atoms with E-state index in [1.807, 2.05) is 79.7 Å². The van der Waals surface area contributed by atoms with Crippen LogP contribution in [0.4, 0.5) is 5.69 Å². The standard InChI is InChI=1S/C11H12N2O3S.C6H6/c1-13(2)10-6-3-9(4-7-10)5-8-11(14)12-17(15)16;1-2-4-6-5-3-1/h3-8H,1-2H3;1-6H. The number of anilines is 1. The van der Waals surface area contributed by atoms with E-state index in [9.17, 15) is 13.2 Å². The van der Waals surface area contributed by atoms with E-state index < -0.39 is 16.4 Å². The Hall–Kier alpha value is -2.73. The molecular weight excluding hydrogens is 312 g/mol. The molecule has 0 bridgehead atoms. The summed E-state index contributed by atoms with van der Waals surface area (Å²) in [6, 6.07) is 19.4. The Bertz CT molecular complexity index is 731. The molecule has 0 aromatic heterocycles. The average Bonchev–Trinajstić information content (AvgIpc) is 2.55. The Labute approximate surface area is 137 Å². The highest BCUT2D eigenvalue weighted by molar-refractivity contribution is 7.62. The molecule has 0 fully saturated rings. The molecule has 0 heterocycles. The van der Waals surface area contributed by atoms with Crippen molar-refractivity contribution in [2.75, 3.05) is 19.0 Å². The molecule has 6 heteroatoms. The minimum atomic E-state index is -2.70. The number of carbonyl (C=O) groups excluding carboxylic acids is 1. The van der Waals surface area contributed by atoms with Crippen LogP contribution in [0.15, 0.2) is 71.1 Å². The lowest BCUT2D eigenvalue weighted by atomic mass is 10.2. The van der Waals surface area contributed by atoms with Gasteiger partial charge in [0.05, 0.1) is 0 Å². The van der Waals surface area contributed by atoms with Gasteiger partial charge in [0.25, 0.3) is 5.91 Å². The number of carbonyl (C=O) groups is 1. The van der Waals surface area contributed by atoms with E-state index in [4.69, 9.17) is 0 Å². The third kappa shape index (κ3) is 8.33. The highest BCUT2D eigenvalue weighted by Crippen LogP contribution is 2.13. The molecule has 0 saturated heterocycles. The summed E-state index contributed by atoms with van der Waals surface area (Å²) < 4.78 is 23.0. The first-order valence-corrected chi connectivity index (χ1v) is 7.83. The van der Waals surface area contributed by atoms with Gasteiger partial charge in [-0.25, -0.2) is 0 Å². The summed E-state index contributed by atoms with van der Waals surface area (Å²) in [4.78, 5) is 12.9. The Kier molecular flexibility index (Phi) is 8.02. The quantitative estimate of drug-likeness (QED) is 0.811. The highest BCUT2D eigenvalue weighted by atomic mass is 32.2. The summed E-state index contributed by atoms with van der Waals surface area (Å²) in [7, 11) is 1.16. The average molecular weight is 330 g/mol. The minimum Gasteiger partial charge on any atom is -0.378 e. The molecule has 120 valence electrons. The molecule has 23 heavy (non-hydrogen) atoms. The summed E-state index contributed by atoms with van der Waals surface area (Å²) in [5.41, 5.74) is 1.84. The maximum absolute atomic E-state index is 10.9. The van der Waals surface area contributed by atoms with Crippen LogP contribution in [0, 0.1) is 0 Å². The molecule has 0 saturated carbocycles. The Balaban J connectivity index is 0.000000366. The maximum atomic E-state index is 10.9. The Morgan fingerprint density at radius 3 is 1.83 bits per heavy atom. The third-order valence-electron chi connectivity index (χ3n) is 2.66. The summed E-state index contributed by atoms with van der Waals surface area (Å²) in [6.45, 7) is 0. The molecule has 2 aromatic carbocycles. The zero-order valence-electron chi connectivity index (χ0n) is 13.0. The molecule has 1 amide bonds. The van der Waals surface area contributed by atoms with Gasteiger partial charge in [0.2, 0.25) is 0 Å². The van der Waals surface area contributed by atoms with Crippen LogP contribution in [0.1, 0.15) is 5.56 Å². The summed E-state index contributed by atoms with van der Waals surface area (Å²) in [6.07, 6.45) is 2.62. The van der Waals surface area contributed by atoms with Crippen LogP contribution in [0.5, 0.6) is 0 Å². The van der Waals surface area contributed by atoms with Crippen LogP contribution in [0.3, 0.4) is 0 Å². The predicted octanol–water partition coefficient (Wildman–Crippen LogP) is 3.04. The van der Waals surface area contributed by atoms with Gasteiger partial charge < -0.3 is 4.90 Å². The molecular formula is C17H18N2O3S. The second-order valence-electron chi connectivity index (χ2n) is 4.62. The van der Waals surface area contributed by atoms with Gasteiger partial charge in [-0.15, -0.1) is 0 Å². The van der Waals surface area contributed by atoms with Gasteiger partial charge in [-0.2, -0.15) is 8.42 Å². The number of rotatable bonds is 3. The van der Waals surface area contributed by atoms with E-state index >= 15 is 0 Å². The fourth-order valence-corrected chi connectivity index (χ4v) is 1.75.